The van der Waals surface area contributed by atoms with Gasteiger partial charge in [-0.15, -0.1) is 11.3 Å². The normalized spacial score (nSPS) is 12.9. The maximum atomic E-state index is 6.89. The van der Waals surface area contributed by atoms with E-state index in [9.17, 15) is 0 Å². The van der Waals surface area contributed by atoms with Crippen molar-refractivity contribution in [3.63, 3.8) is 0 Å². The SMILES string of the molecule is Clc1cccc2c(-c3cccc4c3-c3c(N(c5ccccc5)c5ccc6c(c5)sc5ccccc56)cccc3[Si]4(c3ccccc3)c3ccccc3)cccc12. The molecule has 9 aromatic carbocycles. The third-order valence-electron chi connectivity index (χ3n) is 11.6. The average Bonchev–Trinajstić information content (AvgIpc) is 3.79. The number of rotatable bonds is 6. The molecule has 56 heavy (non-hydrogen) atoms. The molecule has 2 heterocycles. The fourth-order valence-corrected chi connectivity index (χ4v) is 15.9. The first kappa shape index (κ1) is 33.1. The minimum Gasteiger partial charge on any atom is -0.310 e. The van der Waals surface area contributed by atoms with Crippen LogP contribution in [0.4, 0.5) is 17.1 Å². The summed E-state index contributed by atoms with van der Waals surface area (Å²) >= 11 is 8.75. The molecule has 11 rings (SSSR count). The number of halogens is 1. The zero-order valence-electron chi connectivity index (χ0n) is 30.4. The van der Waals surface area contributed by atoms with E-state index in [4.69, 9.17) is 11.6 Å². The maximum absolute atomic E-state index is 6.89. The van der Waals surface area contributed by atoms with Crippen LogP contribution in [0.1, 0.15) is 0 Å². The van der Waals surface area contributed by atoms with E-state index in [1.54, 1.807) is 0 Å². The Morgan fingerprint density at radius 2 is 0.964 bits per heavy atom. The van der Waals surface area contributed by atoms with Gasteiger partial charge < -0.3 is 4.90 Å². The van der Waals surface area contributed by atoms with Crippen LogP contribution < -0.4 is 25.6 Å². The predicted octanol–water partition coefficient (Wildman–Crippen LogP) is 12.4. The van der Waals surface area contributed by atoms with Gasteiger partial charge in [0.15, 0.2) is 8.07 Å². The molecule has 0 spiro atoms. The van der Waals surface area contributed by atoms with Gasteiger partial charge in [-0.3, -0.25) is 0 Å². The maximum Gasteiger partial charge on any atom is 0.180 e. The van der Waals surface area contributed by atoms with E-state index in [1.165, 1.54) is 68.9 Å². The Labute approximate surface area is 336 Å². The summed E-state index contributed by atoms with van der Waals surface area (Å²) in [6.45, 7) is 0. The Balaban J connectivity index is 1.28. The summed E-state index contributed by atoms with van der Waals surface area (Å²) in [5.41, 5.74) is 8.42. The van der Waals surface area contributed by atoms with Gasteiger partial charge in [-0.2, -0.15) is 0 Å². The molecule has 1 aliphatic heterocycles. The minimum atomic E-state index is -2.86. The molecular weight excluding hydrogens is 734 g/mol. The Hall–Kier alpha value is -6.23. The van der Waals surface area contributed by atoms with Crippen molar-refractivity contribution in [2.24, 2.45) is 0 Å². The highest BCUT2D eigenvalue weighted by molar-refractivity contribution is 7.26. The lowest BCUT2D eigenvalue weighted by Gasteiger charge is -2.32. The van der Waals surface area contributed by atoms with Gasteiger partial charge in [0, 0.05) is 47.5 Å². The third kappa shape index (κ3) is 4.92. The van der Waals surface area contributed by atoms with Crippen molar-refractivity contribution in [1.82, 2.24) is 0 Å². The highest BCUT2D eigenvalue weighted by Crippen LogP contribution is 2.48. The summed E-state index contributed by atoms with van der Waals surface area (Å²) in [6, 6.07) is 76.1. The molecule has 264 valence electrons. The van der Waals surface area contributed by atoms with E-state index in [1.807, 2.05) is 17.4 Å². The smallest absolute Gasteiger partial charge is 0.180 e. The number of thiophene rings is 1. The van der Waals surface area contributed by atoms with Crippen molar-refractivity contribution < 1.29 is 0 Å². The summed E-state index contributed by atoms with van der Waals surface area (Å²) in [7, 11) is -2.86. The standard InChI is InChI=1S/C52H34ClNSSi/c53-45-27-13-24-39-40(23-12-25-41(39)45)44-26-14-30-49-51(44)52-46(28-15-31-50(52)56(49,37-18-6-2-7-19-37)38-20-8-3-9-21-38)54(35-16-4-1-5-17-35)36-32-33-43-42-22-10-11-29-47(42)55-48(43)34-36/h1-34H. The van der Waals surface area contributed by atoms with Crippen LogP contribution in [-0.2, 0) is 0 Å². The van der Waals surface area contributed by atoms with E-state index in [-0.39, 0.29) is 0 Å². The Morgan fingerprint density at radius 1 is 0.393 bits per heavy atom. The van der Waals surface area contributed by atoms with E-state index in [2.05, 4.69) is 205 Å². The minimum absolute atomic E-state index is 0.766. The second-order valence-electron chi connectivity index (χ2n) is 14.5. The average molecular weight is 768 g/mol. The molecule has 1 aromatic heterocycles. The Morgan fingerprint density at radius 3 is 1.73 bits per heavy atom. The molecule has 0 unspecified atom stereocenters. The molecule has 0 N–H and O–H groups in total. The molecule has 1 aliphatic rings. The molecule has 0 saturated heterocycles. The third-order valence-corrected chi connectivity index (χ3v) is 17.9. The van der Waals surface area contributed by atoms with Gasteiger partial charge in [-0.1, -0.05) is 175 Å². The molecule has 0 radical (unpaired) electrons. The van der Waals surface area contributed by atoms with Gasteiger partial charge in [-0.05, 0) is 85.3 Å². The first-order chi connectivity index (χ1) is 27.7. The number of benzene rings is 9. The molecular formula is C52H34ClNSSi. The number of anilines is 3. The quantitative estimate of drug-likeness (QED) is 0.152. The molecule has 0 saturated carbocycles. The number of nitrogens with zero attached hydrogens (tertiary/aromatic N) is 1. The molecule has 0 atom stereocenters. The van der Waals surface area contributed by atoms with Crippen molar-refractivity contribution in [3.05, 3.63) is 211 Å². The van der Waals surface area contributed by atoms with E-state index >= 15 is 0 Å². The van der Waals surface area contributed by atoms with E-state index in [0.717, 1.165) is 27.2 Å². The molecule has 4 heteroatoms. The molecule has 10 aromatic rings. The monoisotopic (exact) mass is 767 g/mol. The Bertz CT molecular complexity index is 3060. The molecule has 1 nitrogen and oxygen atoms in total. The number of fused-ring (bicyclic) bond motifs is 7. The molecule has 0 fully saturated rings. The number of hydrogen-bond acceptors (Lipinski definition) is 2. The van der Waals surface area contributed by atoms with Crippen LogP contribution in [0.2, 0.25) is 5.02 Å². The molecule has 0 aliphatic carbocycles. The van der Waals surface area contributed by atoms with E-state index in [0.29, 0.717) is 0 Å². The van der Waals surface area contributed by atoms with Crippen LogP contribution in [0.15, 0.2) is 206 Å². The fraction of sp³-hybridized carbons (Fsp3) is 0. The van der Waals surface area contributed by atoms with Crippen molar-refractivity contribution in [2.45, 2.75) is 0 Å². The second kappa shape index (κ2) is 13.2. The summed E-state index contributed by atoms with van der Waals surface area (Å²) < 4.78 is 2.59. The summed E-state index contributed by atoms with van der Waals surface area (Å²) in [6.07, 6.45) is 0. The fourth-order valence-electron chi connectivity index (χ4n) is 9.33. The van der Waals surface area contributed by atoms with E-state index < -0.39 is 8.07 Å². The summed E-state index contributed by atoms with van der Waals surface area (Å²) in [5, 5.41) is 11.1. The van der Waals surface area contributed by atoms with Gasteiger partial charge in [0.25, 0.3) is 0 Å². The lowest BCUT2D eigenvalue weighted by Crippen LogP contribution is -2.72. The largest absolute Gasteiger partial charge is 0.310 e. The van der Waals surface area contributed by atoms with Crippen LogP contribution in [0.25, 0.3) is 53.2 Å². The lowest BCUT2D eigenvalue weighted by molar-refractivity contribution is 1.29. The predicted molar refractivity (Wildman–Crippen MR) is 245 cm³/mol. The van der Waals surface area contributed by atoms with Gasteiger partial charge >= 0.3 is 0 Å². The van der Waals surface area contributed by atoms with Gasteiger partial charge in [-0.25, -0.2) is 0 Å². The van der Waals surface area contributed by atoms with Crippen molar-refractivity contribution in [1.29, 1.82) is 0 Å². The van der Waals surface area contributed by atoms with Gasteiger partial charge in [0.1, 0.15) is 0 Å². The topological polar surface area (TPSA) is 3.24 Å². The highest BCUT2D eigenvalue weighted by atomic mass is 35.5. The highest BCUT2D eigenvalue weighted by Gasteiger charge is 2.50. The molecule has 0 bridgehead atoms. The molecule has 0 amide bonds. The zero-order valence-corrected chi connectivity index (χ0v) is 32.9. The summed E-state index contributed by atoms with van der Waals surface area (Å²) in [5.74, 6) is 0. The zero-order chi connectivity index (χ0) is 37.2. The van der Waals surface area contributed by atoms with Crippen molar-refractivity contribution in [3.8, 4) is 22.3 Å². The van der Waals surface area contributed by atoms with Crippen LogP contribution in [0.3, 0.4) is 0 Å². The van der Waals surface area contributed by atoms with Crippen molar-refractivity contribution >= 4 is 99.8 Å². The van der Waals surface area contributed by atoms with Crippen LogP contribution in [0.5, 0.6) is 0 Å². The first-order valence-corrected chi connectivity index (χ1v) is 22.2. The van der Waals surface area contributed by atoms with Crippen molar-refractivity contribution in [2.75, 3.05) is 4.90 Å². The Kier molecular flexibility index (Phi) is 7.82. The number of hydrogen-bond donors (Lipinski definition) is 0. The van der Waals surface area contributed by atoms with Crippen LogP contribution in [-0.4, -0.2) is 8.07 Å². The first-order valence-electron chi connectivity index (χ1n) is 19.0. The van der Waals surface area contributed by atoms with Crippen LogP contribution >= 0.6 is 22.9 Å². The lowest BCUT2D eigenvalue weighted by atomic mass is 9.90. The summed E-state index contributed by atoms with van der Waals surface area (Å²) in [4.78, 5) is 2.49. The number of para-hydroxylation sites is 1. The van der Waals surface area contributed by atoms with Crippen LogP contribution in [0, 0.1) is 0 Å². The van der Waals surface area contributed by atoms with Gasteiger partial charge in [0.05, 0.1) is 5.69 Å². The van der Waals surface area contributed by atoms with Gasteiger partial charge in [0.2, 0.25) is 0 Å². The second-order valence-corrected chi connectivity index (χ2v) is 19.7.